The molecule has 190 valence electrons. The summed E-state index contributed by atoms with van der Waals surface area (Å²) in [6.45, 7) is 4.48. The van der Waals surface area contributed by atoms with Crippen LogP contribution in [0.25, 0.3) is 0 Å². The third-order valence-corrected chi connectivity index (χ3v) is 6.94. The van der Waals surface area contributed by atoms with Crippen molar-refractivity contribution >= 4 is 23.2 Å². The van der Waals surface area contributed by atoms with Crippen LogP contribution >= 0.6 is 11.6 Å². The quantitative estimate of drug-likeness (QED) is 0.374. The predicted octanol–water partition coefficient (Wildman–Crippen LogP) is 5.99. The van der Waals surface area contributed by atoms with Crippen molar-refractivity contribution in [1.82, 2.24) is 4.90 Å². The van der Waals surface area contributed by atoms with Crippen LogP contribution in [0.3, 0.4) is 0 Å². The van der Waals surface area contributed by atoms with Crippen molar-refractivity contribution in [2.45, 2.75) is 32.4 Å². The summed E-state index contributed by atoms with van der Waals surface area (Å²) >= 11 is 6.20. The molecule has 6 nitrogen and oxygen atoms in total. The average molecular weight is 509 g/mol. The Hall–Kier alpha value is -3.22. The van der Waals surface area contributed by atoms with Crippen LogP contribution in [0.1, 0.15) is 34.3 Å². The number of aryl methyl sites for hydroxylation is 1. The molecule has 3 aromatic carbocycles. The molecule has 0 spiro atoms. The molecule has 3 aromatic rings. The predicted molar refractivity (Wildman–Crippen MR) is 144 cm³/mol. The number of hydrogen-bond acceptors (Lipinski definition) is 5. The zero-order valence-corrected chi connectivity index (χ0v) is 22.0. The van der Waals surface area contributed by atoms with E-state index in [0.717, 1.165) is 49.3 Å². The molecule has 1 fully saturated rings. The van der Waals surface area contributed by atoms with Gasteiger partial charge in [-0.2, -0.15) is 0 Å². The van der Waals surface area contributed by atoms with Crippen molar-refractivity contribution in [3.63, 3.8) is 0 Å². The zero-order valence-electron chi connectivity index (χ0n) is 21.3. The number of amides is 1. The van der Waals surface area contributed by atoms with E-state index in [-0.39, 0.29) is 11.9 Å². The van der Waals surface area contributed by atoms with Crippen LogP contribution in [0.2, 0.25) is 5.02 Å². The standard InChI is InChI=1S/C29H33ClN2O4/c1-20-8-11-24(12-9-20)32(29(33)21-6-5-7-23(30)18-21)25-14-16-31(17-15-25)19-22-10-13-26(34-2)28(36-4)27(22)35-3/h5-13,18,25H,14-17,19H2,1-4H3. The Balaban J connectivity index is 1.53. The fourth-order valence-corrected chi connectivity index (χ4v) is 5.01. The van der Waals surface area contributed by atoms with E-state index < -0.39 is 0 Å². The molecule has 0 unspecified atom stereocenters. The molecule has 1 aliphatic heterocycles. The number of carbonyl (C=O) groups is 1. The Morgan fingerprint density at radius 1 is 0.944 bits per heavy atom. The maximum Gasteiger partial charge on any atom is 0.258 e. The number of rotatable bonds is 8. The summed E-state index contributed by atoms with van der Waals surface area (Å²) in [4.78, 5) is 18.0. The number of anilines is 1. The van der Waals surface area contributed by atoms with Crippen LogP contribution in [-0.2, 0) is 6.54 Å². The number of ether oxygens (including phenoxy) is 3. The third-order valence-electron chi connectivity index (χ3n) is 6.70. The summed E-state index contributed by atoms with van der Waals surface area (Å²) in [5.41, 5.74) is 3.71. The Morgan fingerprint density at radius 3 is 2.25 bits per heavy atom. The van der Waals surface area contributed by atoms with E-state index in [0.29, 0.717) is 27.8 Å². The number of carbonyl (C=O) groups excluding carboxylic acids is 1. The van der Waals surface area contributed by atoms with Gasteiger partial charge in [0.2, 0.25) is 5.75 Å². The Bertz CT molecular complexity index is 1190. The first-order valence-electron chi connectivity index (χ1n) is 12.1. The van der Waals surface area contributed by atoms with E-state index in [1.807, 2.05) is 60.4 Å². The monoisotopic (exact) mass is 508 g/mol. The number of benzene rings is 3. The second kappa shape index (κ2) is 11.7. The number of nitrogens with zero attached hydrogens (tertiary/aromatic N) is 2. The number of halogens is 1. The van der Waals surface area contributed by atoms with Crippen LogP contribution in [-0.4, -0.2) is 51.3 Å². The first-order chi connectivity index (χ1) is 17.4. The van der Waals surface area contributed by atoms with Crippen molar-refractivity contribution in [3.8, 4) is 17.2 Å². The minimum atomic E-state index is -0.0265. The van der Waals surface area contributed by atoms with Crippen molar-refractivity contribution in [1.29, 1.82) is 0 Å². The van der Waals surface area contributed by atoms with Gasteiger partial charge in [0.05, 0.1) is 21.3 Å². The van der Waals surface area contributed by atoms with E-state index in [2.05, 4.69) is 4.90 Å². The number of hydrogen-bond donors (Lipinski definition) is 0. The van der Waals surface area contributed by atoms with Crippen molar-refractivity contribution in [2.75, 3.05) is 39.3 Å². The second-order valence-electron chi connectivity index (χ2n) is 9.02. The van der Waals surface area contributed by atoms with E-state index in [1.54, 1.807) is 33.5 Å². The highest BCUT2D eigenvalue weighted by atomic mass is 35.5. The van der Waals surface area contributed by atoms with Gasteiger partial charge in [-0.15, -0.1) is 0 Å². The normalized spacial score (nSPS) is 14.4. The lowest BCUT2D eigenvalue weighted by molar-refractivity contribution is 0.0958. The minimum Gasteiger partial charge on any atom is -0.493 e. The van der Waals surface area contributed by atoms with E-state index >= 15 is 0 Å². The molecule has 0 aliphatic carbocycles. The number of piperidine rings is 1. The molecule has 36 heavy (non-hydrogen) atoms. The smallest absolute Gasteiger partial charge is 0.258 e. The molecule has 0 saturated carbocycles. The molecule has 1 heterocycles. The molecule has 1 amide bonds. The molecule has 4 rings (SSSR count). The molecule has 0 atom stereocenters. The largest absolute Gasteiger partial charge is 0.493 e. The molecule has 0 bridgehead atoms. The second-order valence-corrected chi connectivity index (χ2v) is 9.46. The fourth-order valence-electron chi connectivity index (χ4n) is 4.82. The van der Waals surface area contributed by atoms with Gasteiger partial charge in [-0.05, 0) is 56.2 Å². The van der Waals surface area contributed by atoms with Crippen LogP contribution in [0.4, 0.5) is 5.69 Å². The highest BCUT2D eigenvalue weighted by Gasteiger charge is 2.30. The molecule has 0 N–H and O–H groups in total. The molecular formula is C29H33ClN2O4. The molecule has 1 aliphatic rings. The summed E-state index contributed by atoms with van der Waals surface area (Å²) in [5, 5.41) is 0.559. The summed E-state index contributed by atoms with van der Waals surface area (Å²) in [5.74, 6) is 1.91. The maximum absolute atomic E-state index is 13.7. The summed E-state index contributed by atoms with van der Waals surface area (Å²) in [6.07, 6.45) is 1.71. The Labute approximate surface area is 218 Å². The lowest BCUT2D eigenvalue weighted by atomic mass is 9.99. The lowest BCUT2D eigenvalue weighted by Gasteiger charge is -2.39. The first-order valence-corrected chi connectivity index (χ1v) is 12.5. The first kappa shape index (κ1) is 25.9. The zero-order chi connectivity index (χ0) is 25.7. The average Bonchev–Trinajstić information content (AvgIpc) is 2.90. The lowest BCUT2D eigenvalue weighted by Crippen LogP contribution is -2.47. The van der Waals surface area contributed by atoms with Gasteiger partial charge in [0, 0.05) is 47.5 Å². The van der Waals surface area contributed by atoms with Crippen LogP contribution in [0.15, 0.2) is 60.7 Å². The van der Waals surface area contributed by atoms with Crippen LogP contribution < -0.4 is 19.1 Å². The molecular weight excluding hydrogens is 476 g/mol. The topological polar surface area (TPSA) is 51.2 Å². The van der Waals surface area contributed by atoms with E-state index in [9.17, 15) is 4.79 Å². The molecule has 0 radical (unpaired) electrons. The molecule has 0 aromatic heterocycles. The highest BCUT2D eigenvalue weighted by Crippen LogP contribution is 2.40. The SMILES string of the molecule is COc1ccc(CN2CCC(N(C(=O)c3cccc(Cl)c3)c3ccc(C)cc3)CC2)c(OC)c1OC. The van der Waals surface area contributed by atoms with Gasteiger partial charge in [0.25, 0.3) is 5.91 Å². The Kier molecular flexibility index (Phi) is 8.39. The Morgan fingerprint density at radius 2 is 1.64 bits per heavy atom. The van der Waals surface area contributed by atoms with Crippen LogP contribution in [0, 0.1) is 6.92 Å². The van der Waals surface area contributed by atoms with Gasteiger partial charge < -0.3 is 19.1 Å². The van der Waals surface area contributed by atoms with Crippen molar-refractivity contribution in [3.05, 3.63) is 82.4 Å². The van der Waals surface area contributed by atoms with E-state index in [4.69, 9.17) is 25.8 Å². The van der Waals surface area contributed by atoms with Gasteiger partial charge in [-0.1, -0.05) is 41.4 Å². The van der Waals surface area contributed by atoms with Gasteiger partial charge >= 0.3 is 0 Å². The molecule has 1 saturated heterocycles. The third kappa shape index (κ3) is 5.61. The van der Waals surface area contributed by atoms with Crippen molar-refractivity contribution < 1.29 is 19.0 Å². The van der Waals surface area contributed by atoms with Gasteiger partial charge in [-0.3, -0.25) is 9.69 Å². The highest BCUT2D eigenvalue weighted by molar-refractivity contribution is 6.31. The summed E-state index contributed by atoms with van der Waals surface area (Å²) in [6, 6.07) is 19.3. The van der Waals surface area contributed by atoms with Crippen molar-refractivity contribution in [2.24, 2.45) is 0 Å². The number of likely N-dealkylation sites (tertiary alicyclic amines) is 1. The fraction of sp³-hybridized carbons (Fsp3) is 0.345. The summed E-state index contributed by atoms with van der Waals surface area (Å²) in [7, 11) is 4.88. The molecule has 7 heteroatoms. The van der Waals surface area contributed by atoms with Crippen LogP contribution in [0.5, 0.6) is 17.2 Å². The van der Waals surface area contributed by atoms with E-state index in [1.165, 1.54) is 0 Å². The summed E-state index contributed by atoms with van der Waals surface area (Å²) < 4.78 is 16.6. The van der Waals surface area contributed by atoms with Gasteiger partial charge in [-0.25, -0.2) is 0 Å². The maximum atomic E-state index is 13.7. The van der Waals surface area contributed by atoms with Gasteiger partial charge in [0.1, 0.15) is 0 Å². The minimum absolute atomic E-state index is 0.0265. The number of methoxy groups -OCH3 is 3. The van der Waals surface area contributed by atoms with Gasteiger partial charge in [0.15, 0.2) is 11.5 Å².